The van der Waals surface area contributed by atoms with Gasteiger partial charge in [-0.15, -0.1) is 0 Å². The predicted molar refractivity (Wildman–Crippen MR) is 118 cm³/mol. The molecule has 0 atom stereocenters. The standard InChI is InChI=1S/C25H17F4N5O/c26-21-11-16(4-5-19(21)14-32-24(35)23-3-1-2-9-31-23)15-34-10-8-22(33-34)17-6-7-18(13-30)20(12-17)25(27,28)29/h1-12H,14-15H2,(H,32,35). The van der Waals surface area contributed by atoms with E-state index in [1.54, 1.807) is 48.7 Å². The number of hydrogen-bond donors (Lipinski definition) is 1. The number of carbonyl (C=O) groups excluding carboxylic acids is 1. The fraction of sp³-hybridized carbons (Fsp3) is 0.120. The zero-order valence-electron chi connectivity index (χ0n) is 18.1. The maximum Gasteiger partial charge on any atom is 0.417 e. The highest BCUT2D eigenvalue weighted by Gasteiger charge is 2.34. The van der Waals surface area contributed by atoms with Crippen molar-refractivity contribution in [1.82, 2.24) is 20.1 Å². The van der Waals surface area contributed by atoms with Crippen molar-refractivity contribution >= 4 is 5.91 Å². The number of amides is 1. The van der Waals surface area contributed by atoms with Gasteiger partial charge < -0.3 is 5.32 Å². The summed E-state index contributed by atoms with van der Waals surface area (Å²) in [5, 5.41) is 15.8. The number of rotatable bonds is 6. The molecule has 0 aliphatic carbocycles. The number of pyridine rings is 1. The molecule has 0 aliphatic rings. The summed E-state index contributed by atoms with van der Waals surface area (Å²) in [6.45, 7) is 0.160. The highest BCUT2D eigenvalue weighted by Crippen LogP contribution is 2.34. The topological polar surface area (TPSA) is 83.6 Å². The van der Waals surface area contributed by atoms with E-state index >= 15 is 0 Å². The molecule has 0 aliphatic heterocycles. The smallest absolute Gasteiger partial charge is 0.347 e. The third kappa shape index (κ3) is 5.52. The summed E-state index contributed by atoms with van der Waals surface area (Å²) in [5.41, 5.74) is 0.0923. The minimum Gasteiger partial charge on any atom is -0.347 e. The van der Waals surface area contributed by atoms with Crippen LogP contribution >= 0.6 is 0 Å². The molecular formula is C25H17F4N5O. The lowest BCUT2D eigenvalue weighted by Crippen LogP contribution is -2.24. The molecule has 176 valence electrons. The van der Waals surface area contributed by atoms with Gasteiger partial charge in [-0.2, -0.15) is 23.5 Å². The molecule has 0 saturated carbocycles. The van der Waals surface area contributed by atoms with Crippen molar-refractivity contribution in [2.24, 2.45) is 0 Å². The summed E-state index contributed by atoms with van der Waals surface area (Å²) >= 11 is 0. The lowest BCUT2D eigenvalue weighted by Gasteiger charge is -2.10. The first-order valence-electron chi connectivity index (χ1n) is 10.4. The Hall–Kier alpha value is -4.52. The van der Waals surface area contributed by atoms with Crippen LogP contribution in [-0.4, -0.2) is 20.7 Å². The van der Waals surface area contributed by atoms with Crippen LogP contribution < -0.4 is 5.32 Å². The van der Waals surface area contributed by atoms with Crippen LogP contribution in [-0.2, 0) is 19.3 Å². The van der Waals surface area contributed by atoms with E-state index in [-0.39, 0.29) is 35.6 Å². The number of halogens is 4. The van der Waals surface area contributed by atoms with Crippen molar-refractivity contribution in [1.29, 1.82) is 5.26 Å². The Balaban J connectivity index is 1.45. The third-order valence-corrected chi connectivity index (χ3v) is 5.18. The van der Waals surface area contributed by atoms with Gasteiger partial charge >= 0.3 is 6.18 Å². The zero-order valence-corrected chi connectivity index (χ0v) is 18.1. The number of hydrogen-bond acceptors (Lipinski definition) is 4. The molecule has 35 heavy (non-hydrogen) atoms. The van der Waals surface area contributed by atoms with Gasteiger partial charge in [0.25, 0.3) is 5.91 Å². The fourth-order valence-corrected chi connectivity index (χ4v) is 3.42. The molecule has 2 aromatic heterocycles. The molecule has 0 fully saturated rings. The van der Waals surface area contributed by atoms with Gasteiger partial charge in [-0.3, -0.25) is 14.5 Å². The van der Waals surface area contributed by atoms with E-state index in [1.165, 1.54) is 23.0 Å². The van der Waals surface area contributed by atoms with E-state index in [1.807, 2.05) is 0 Å². The number of nitrogens with zero attached hydrogens (tertiary/aromatic N) is 4. The van der Waals surface area contributed by atoms with E-state index < -0.39 is 29.0 Å². The molecule has 4 rings (SSSR count). The molecule has 6 nitrogen and oxygen atoms in total. The monoisotopic (exact) mass is 479 g/mol. The number of alkyl halides is 3. The quantitative estimate of drug-likeness (QED) is 0.397. The van der Waals surface area contributed by atoms with Gasteiger partial charge in [-0.1, -0.05) is 24.3 Å². The number of carbonyl (C=O) groups is 1. The van der Waals surface area contributed by atoms with E-state index in [0.29, 0.717) is 5.56 Å². The highest BCUT2D eigenvalue weighted by atomic mass is 19.4. The Morgan fingerprint density at radius 1 is 1.09 bits per heavy atom. The summed E-state index contributed by atoms with van der Waals surface area (Å²) in [6.07, 6.45) is -1.61. The Morgan fingerprint density at radius 2 is 1.91 bits per heavy atom. The van der Waals surface area contributed by atoms with Gasteiger partial charge in [-0.05, 0) is 42.0 Å². The van der Waals surface area contributed by atoms with Crippen molar-refractivity contribution in [2.75, 3.05) is 0 Å². The number of aromatic nitrogens is 3. The SMILES string of the molecule is N#Cc1ccc(-c2ccn(Cc3ccc(CNC(=O)c4ccccn4)c(F)c3)n2)cc1C(F)(F)F. The van der Waals surface area contributed by atoms with Crippen LogP contribution in [0.25, 0.3) is 11.3 Å². The first-order chi connectivity index (χ1) is 16.7. The van der Waals surface area contributed by atoms with E-state index in [2.05, 4.69) is 15.4 Å². The normalized spacial score (nSPS) is 11.2. The van der Waals surface area contributed by atoms with Crippen LogP contribution in [0.2, 0.25) is 0 Å². The third-order valence-electron chi connectivity index (χ3n) is 5.18. The number of nitriles is 1. The molecule has 1 N–H and O–H groups in total. The summed E-state index contributed by atoms with van der Waals surface area (Å²) in [4.78, 5) is 16.0. The Labute approximate surface area is 197 Å². The second kappa shape index (κ2) is 9.77. The molecule has 0 bridgehead atoms. The van der Waals surface area contributed by atoms with Crippen LogP contribution in [0.1, 0.15) is 32.7 Å². The molecule has 4 aromatic rings. The maximum atomic E-state index is 14.6. The van der Waals surface area contributed by atoms with Crippen molar-refractivity contribution < 1.29 is 22.4 Å². The van der Waals surface area contributed by atoms with Crippen molar-refractivity contribution in [3.8, 4) is 17.3 Å². The van der Waals surface area contributed by atoms with Crippen LogP contribution in [0.15, 0.2) is 73.1 Å². The minimum absolute atomic E-state index is 0.0202. The average molecular weight is 479 g/mol. The molecule has 0 spiro atoms. The molecular weight excluding hydrogens is 462 g/mol. The van der Waals surface area contributed by atoms with E-state index in [9.17, 15) is 22.4 Å². The first kappa shape index (κ1) is 23.6. The fourth-order valence-electron chi connectivity index (χ4n) is 3.42. The first-order valence-corrected chi connectivity index (χ1v) is 10.4. The number of nitrogens with one attached hydrogen (secondary N) is 1. The van der Waals surface area contributed by atoms with Gasteiger partial charge in [0.1, 0.15) is 11.5 Å². The zero-order chi connectivity index (χ0) is 25.0. The Kier molecular flexibility index (Phi) is 6.59. The molecule has 0 unspecified atom stereocenters. The maximum absolute atomic E-state index is 14.6. The van der Waals surface area contributed by atoms with Crippen molar-refractivity contribution in [3.63, 3.8) is 0 Å². The Morgan fingerprint density at radius 3 is 2.60 bits per heavy atom. The Bertz CT molecular complexity index is 1410. The molecule has 1 amide bonds. The summed E-state index contributed by atoms with van der Waals surface area (Å²) in [6, 6.07) is 15.9. The van der Waals surface area contributed by atoms with Crippen LogP contribution in [0, 0.1) is 17.1 Å². The lowest BCUT2D eigenvalue weighted by molar-refractivity contribution is -0.137. The number of benzene rings is 2. The van der Waals surface area contributed by atoms with Crippen molar-refractivity contribution in [3.05, 3.63) is 107 Å². The largest absolute Gasteiger partial charge is 0.417 e. The summed E-state index contributed by atoms with van der Waals surface area (Å²) < 4.78 is 55.8. The molecule has 2 aromatic carbocycles. The summed E-state index contributed by atoms with van der Waals surface area (Å²) in [7, 11) is 0. The van der Waals surface area contributed by atoms with Crippen LogP contribution in [0.5, 0.6) is 0 Å². The van der Waals surface area contributed by atoms with Gasteiger partial charge in [0, 0.05) is 30.1 Å². The second-order valence-corrected chi connectivity index (χ2v) is 7.59. The molecule has 0 radical (unpaired) electrons. The minimum atomic E-state index is -4.67. The highest BCUT2D eigenvalue weighted by molar-refractivity contribution is 5.92. The molecule has 10 heteroatoms. The van der Waals surface area contributed by atoms with Gasteiger partial charge in [-0.25, -0.2) is 4.39 Å². The predicted octanol–water partition coefficient (Wildman–Crippen LogP) is 4.95. The van der Waals surface area contributed by atoms with Gasteiger partial charge in [0.05, 0.1) is 29.4 Å². The second-order valence-electron chi connectivity index (χ2n) is 7.59. The van der Waals surface area contributed by atoms with Crippen LogP contribution in [0.4, 0.5) is 17.6 Å². The lowest BCUT2D eigenvalue weighted by atomic mass is 10.0. The molecule has 0 saturated heterocycles. The van der Waals surface area contributed by atoms with E-state index in [0.717, 1.165) is 12.1 Å². The molecule has 2 heterocycles. The average Bonchev–Trinajstić information content (AvgIpc) is 3.31. The van der Waals surface area contributed by atoms with Crippen molar-refractivity contribution in [2.45, 2.75) is 19.3 Å². The van der Waals surface area contributed by atoms with Gasteiger partial charge in [0.15, 0.2) is 0 Å². The van der Waals surface area contributed by atoms with E-state index in [4.69, 9.17) is 5.26 Å². The van der Waals surface area contributed by atoms with Crippen LogP contribution in [0.3, 0.4) is 0 Å². The van der Waals surface area contributed by atoms with Gasteiger partial charge in [0.2, 0.25) is 0 Å². The summed E-state index contributed by atoms with van der Waals surface area (Å²) in [5.74, 6) is -0.937.